The van der Waals surface area contributed by atoms with E-state index in [1.54, 1.807) is 48.9 Å². The van der Waals surface area contributed by atoms with E-state index < -0.39 is 22.0 Å². The average Bonchev–Trinajstić information content (AvgIpc) is 2.93. The van der Waals surface area contributed by atoms with E-state index >= 15 is 0 Å². The number of hydrogen-bond acceptors (Lipinski definition) is 5. The first-order chi connectivity index (χ1) is 13.6. The lowest BCUT2D eigenvalue weighted by atomic mass is 10.1. The smallest absolute Gasteiger partial charge is 0.307 e. The summed E-state index contributed by atoms with van der Waals surface area (Å²) in [6.07, 6.45) is 1.39. The van der Waals surface area contributed by atoms with E-state index in [0.717, 1.165) is 37.7 Å². The SMILES string of the molecule is CC[C@@H](C(=O)Nc1ccc2c(c1)sc(=O)n2C)N(c1ccc(C)cc1)S(C)(=O)=O. The topological polar surface area (TPSA) is 88.5 Å². The number of aryl methyl sites for hydroxylation is 2. The van der Waals surface area contributed by atoms with Crippen LogP contribution in [0, 0.1) is 6.92 Å². The highest BCUT2D eigenvalue weighted by molar-refractivity contribution is 7.92. The number of thiazole rings is 1. The van der Waals surface area contributed by atoms with Gasteiger partial charge in [0.25, 0.3) is 0 Å². The van der Waals surface area contributed by atoms with Crippen molar-refractivity contribution in [3.63, 3.8) is 0 Å². The van der Waals surface area contributed by atoms with E-state index in [-0.39, 0.29) is 4.87 Å². The monoisotopic (exact) mass is 433 g/mol. The minimum atomic E-state index is -3.69. The van der Waals surface area contributed by atoms with Crippen LogP contribution in [-0.2, 0) is 21.9 Å². The minimum Gasteiger partial charge on any atom is -0.324 e. The van der Waals surface area contributed by atoms with Crippen molar-refractivity contribution >= 4 is 48.9 Å². The number of rotatable bonds is 6. The first-order valence-corrected chi connectivity index (χ1v) is 11.7. The van der Waals surface area contributed by atoms with Gasteiger partial charge in [-0.3, -0.25) is 13.9 Å². The fourth-order valence-electron chi connectivity index (χ4n) is 3.19. The van der Waals surface area contributed by atoms with Gasteiger partial charge >= 0.3 is 4.87 Å². The first-order valence-electron chi connectivity index (χ1n) is 9.08. The Hall–Kier alpha value is -2.65. The van der Waals surface area contributed by atoms with Crippen molar-refractivity contribution in [2.45, 2.75) is 26.3 Å². The van der Waals surface area contributed by atoms with Gasteiger partial charge in [0.2, 0.25) is 15.9 Å². The number of nitrogens with one attached hydrogen (secondary N) is 1. The zero-order valence-electron chi connectivity index (χ0n) is 16.7. The molecule has 0 bridgehead atoms. The molecule has 7 nitrogen and oxygen atoms in total. The molecule has 1 N–H and O–H groups in total. The lowest BCUT2D eigenvalue weighted by molar-refractivity contribution is -0.117. The molecule has 1 aromatic heterocycles. The normalized spacial score (nSPS) is 12.7. The second-order valence-electron chi connectivity index (χ2n) is 6.92. The van der Waals surface area contributed by atoms with Gasteiger partial charge in [0.05, 0.1) is 22.2 Å². The highest BCUT2D eigenvalue weighted by Crippen LogP contribution is 2.25. The van der Waals surface area contributed by atoms with Crippen LogP contribution in [0.15, 0.2) is 47.3 Å². The molecule has 1 heterocycles. The third kappa shape index (κ3) is 4.35. The Bertz CT molecular complexity index is 1210. The second-order valence-corrected chi connectivity index (χ2v) is 9.77. The third-order valence-electron chi connectivity index (χ3n) is 4.68. The van der Waals surface area contributed by atoms with E-state index in [1.807, 2.05) is 19.1 Å². The molecule has 9 heteroatoms. The van der Waals surface area contributed by atoms with Gasteiger partial charge in [-0.25, -0.2) is 8.42 Å². The Morgan fingerprint density at radius 1 is 1.21 bits per heavy atom. The van der Waals surface area contributed by atoms with Crippen LogP contribution in [0.5, 0.6) is 0 Å². The van der Waals surface area contributed by atoms with Crippen LogP contribution in [0.4, 0.5) is 11.4 Å². The molecule has 0 aliphatic rings. The van der Waals surface area contributed by atoms with Crippen LogP contribution < -0.4 is 14.5 Å². The fourth-order valence-corrected chi connectivity index (χ4v) is 5.32. The zero-order chi connectivity index (χ0) is 21.3. The number of carbonyl (C=O) groups is 1. The van der Waals surface area contributed by atoms with E-state index in [4.69, 9.17) is 0 Å². The Morgan fingerprint density at radius 3 is 2.45 bits per heavy atom. The summed E-state index contributed by atoms with van der Waals surface area (Å²) in [6.45, 7) is 3.68. The Labute approximate surface area is 173 Å². The van der Waals surface area contributed by atoms with Gasteiger partial charge in [-0.1, -0.05) is 36.0 Å². The molecule has 1 amide bonds. The summed E-state index contributed by atoms with van der Waals surface area (Å²) >= 11 is 1.09. The summed E-state index contributed by atoms with van der Waals surface area (Å²) in [7, 11) is -1.99. The summed E-state index contributed by atoms with van der Waals surface area (Å²) in [5, 5.41) is 2.80. The Morgan fingerprint density at radius 2 is 1.86 bits per heavy atom. The number of aromatic nitrogens is 1. The lowest BCUT2D eigenvalue weighted by Crippen LogP contribution is -2.47. The maximum absolute atomic E-state index is 13.0. The van der Waals surface area contributed by atoms with E-state index in [0.29, 0.717) is 17.8 Å². The van der Waals surface area contributed by atoms with Gasteiger partial charge in [0.1, 0.15) is 6.04 Å². The quantitative estimate of drug-likeness (QED) is 0.647. The van der Waals surface area contributed by atoms with Crippen molar-refractivity contribution in [2.75, 3.05) is 15.9 Å². The van der Waals surface area contributed by atoms with Crippen molar-refractivity contribution in [1.29, 1.82) is 0 Å². The first kappa shape index (κ1) is 21.1. The number of benzene rings is 2. The minimum absolute atomic E-state index is 0.0856. The number of sulfonamides is 1. The molecule has 0 saturated carbocycles. The number of nitrogens with zero attached hydrogens (tertiary/aromatic N) is 2. The summed E-state index contributed by atoms with van der Waals surface area (Å²) in [6, 6.07) is 11.3. The molecule has 29 heavy (non-hydrogen) atoms. The number of anilines is 2. The van der Waals surface area contributed by atoms with Gasteiger partial charge in [-0.05, 0) is 43.7 Å². The van der Waals surface area contributed by atoms with Crippen LogP contribution in [0.25, 0.3) is 10.2 Å². The van der Waals surface area contributed by atoms with Crippen LogP contribution in [0.1, 0.15) is 18.9 Å². The Balaban J connectivity index is 1.93. The molecular formula is C20H23N3O4S2. The van der Waals surface area contributed by atoms with Gasteiger partial charge in [-0.2, -0.15) is 0 Å². The van der Waals surface area contributed by atoms with Crippen LogP contribution in [0.2, 0.25) is 0 Å². The maximum atomic E-state index is 13.0. The van der Waals surface area contributed by atoms with Gasteiger partial charge in [0, 0.05) is 12.7 Å². The van der Waals surface area contributed by atoms with Gasteiger partial charge < -0.3 is 9.88 Å². The van der Waals surface area contributed by atoms with Gasteiger partial charge in [0.15, 0.2) is 0 Å². The Kier molecular flexibility index (Phi) is 5.81. The van der Waals surface area contributed by atoms with Crippen molar-refractivity contribution in [1.82, 2.24) is 4.57 Å². The predicted octanol–water partition coefficient (Wildman–Crippen LogP) is 3.09. The molecule has 0 aliphatic heterocycles. The van der Waals surface area contributed by atoms with Crippen molar-refractivity contribution in [3.05, 3.63) is 57.7 Å². The number of fused-ring (bicyclic) bond motifs is 1. The summed E-state index contributed by atoms with van der Waals surface area (Å²) < 4.78 is 28.4. The van der Waals surface area contributed by atoms with E-state index in [2.05, 4.69) is 5.32 Å². The molecule has 0 saturated heterocycles. The number of amides is 1. The van der Waals surface area contributed by atoms with Crippen molar-refractivity contribution in [2.24, 2.45) is 7.05 Å². The van der Waals surface area contributed by atoms with Crippen molar-refractivity contribution in [3.8, 4) is 0 Å². The van der Waals surface area contributed by atoms with E-state index in [1.165, 1.54) is 0 Å². The van der Waals surface area contributed by atoms with Crippen LogP contribution in [0.3, 0.4) is 0 Å². The molecule has 0 unspecified atom stereocenters. The van der Waals surface area contributed by atoms with Gasteiger partial charge in [-0.15, -0.1) is 0 Å². The molecular weight excluding hydrogens is 410 g/mol. The predicted molar refractivity (Wildman–Crippen MR) is 118 cm³/mol. The van der Waals surface area contributed by atoms with Crippen LogP contribution >= 0.6 is 11.3 Å². The molecule has 2 aromatic carbocycles. The average molecular weight is 434 g/mol. The highest BCUT2D eigenvalue weighted by Gasteiger charge is 2.31. The summed E-state index contributed by atoms with van der Waals surface area (Å²) in [5.74, 6) is -0.430. The summed E-state index contributed by atoms with van der Waals surface area (Å²) in [4.78, 5) is 24.7. The molecule has 3 aromatic rings. The van der Waals surface area contributed by atoms with Crippen molar-refractivity contribution < 1.29 is 13.2 Å². The maximum Gasteiger partial charge on any atom is 0.307 e. The molecule has 0 spiro atoms. The van der Waals surface area contributed by atoms with Crippen LogP contribution in [-0.4, -0.2) is 31.2 Å². The molecule has 3 rings (SSSR count). The summed E-state index contributed by atoms with van der Waals surface area (Å²) in [5.41, 5.74) is 2.73. The highest BCUT2D eigenvalue weighted by atomic mass is 32.2. The number of carbonyl (C=O) groups excluding carboxylic acids is 1. The fraction of sp³-hybridized carbons (Fsp3) is 0.300. The lowest BCUT2D eigenvalue weighted by Gasteiger charge is -2.30. The van der Waals surface area contributed by atoms with E-state index in [9.17, 15) is 18.0 Å². The molecule has 0 aliphatic carbocycles. The number of hydrogen-bond donors (Lipinski definition) is 1. The third-order valence-corrected chi connectivity index (χ3v) is 6.85. The molecule has 0 fully saturated rings. The largest absolute Gasteiger partial charge is 0.324 e. The standard InChI is InChI=1S/C20H23N3O4S2/c1-5-16(23(29(4,26)27)15-9-6-13(2)7-10-15)19(24)21-14-8-11-17-18(12-14)28-20(25)22(17)3/h6-12,16H,5H2,1-4H3,(H,21,24)/t16-/m0/s1. The zero-order valence-corrected chi connectivity index (χ0v) is 18.3. The molecule has 0 radical (unpaired) electrons. The second kappa shape index (κ2) is 8.00. The molecule has 154 valence electrons. The molecule has 1 atom stereocenters.